The molecule has 0 aromatic carbocycles. The molecule has 1 aromatic rings. The summed E-state index contributed by atoms with van der Waals surface area (Å²) in [6.45, 7) is 2.41. The molecule has 1 aromatic heterocycles. The zero-order valence-electron chi connectivity index (χ0n) is 9.60. The first kappa shape index (κ1) is 11.1. The second-order valence-electron chi connectivity index (χ2n) is 4.24. The van der Waals surface area contributed by atoms with Gasteiger partial charge in [0.15, 0.2) is 0 Å². The molecule has 1 aliphatic carbocycles. The van der Waals surface area contributed by atoms with Crippen molar-refractivity contribution in [2.75, 3.05) is 0 Å². The molecule has 88 valence electrons. The SMILES string of the molecule is CC(NCc1nncn1C)C(=O)NC1CC1. The van der Waals surface area contributed by atoms with Crippen molar-refractivity contribution in [3.05, 3.63) is 12.2 Å². The first-order valence-electron chi connectivity index (χ1n) is 5.53. The largest absolute Gasteiger partial charge is 0.352 e. The summed E-state index contributed by atoms with van der Waals surface area (Å²) < 4.78 is 1.83. The predicted molar refractivity (Wildman–Crippen MR) is 58.5 cm³/mol. The quantitative estimate of drug-likeness (QED) is 0.710. The summed E-state index contributed by atoms with van der Waals surface area (Å²) in [6, 6.07) is 0.212. The smallest absolute Gasteiger partial charge is 0.237 e. The molecule has 1 atom stereocenters. The van der Waals surface area contributed by atoms with Crippen molar-refractivity contribution in [2.45, 2.75) is 38.4 Å². The topological polar surface area (TPSA) is 71.8 Å². The Kier molecular flexibility index (Phi) is 3.19. The summed E-state index contributed by atoms with van der Waals surface area (Å²) in [5.74, 6) is 0.885. The maximum absolute atomic E-state index is 11.6. The van der Waals surface area contributed by atoms with Gasteiger partial charge in [0, 0.05) is 13.1 Å². The van der Waals surface area contributed by atoms with Crippen LogP contribution in [0.2, 0.25) is 0 Å². The van der Waals surface area contributed by atoms with Crippen molar-refractivity contribution in [1.82, 2.24) is 25.4 Å². The minimum absolute atomic E-state index is 0.0599. The van der Waals surface area contributed by atoms with Crippen molar-refractivity contribution < 1.29 is 4.79 Å². The van der Waals surface area contributed by atoms with Gasteiger partial charge in [0.25, 0.3) is 0 Å². The Bertz CT molecular complexity index is 371. The van der Waals surface area contributed by atoms with Crippen molar-refractivity contribution in [3.63, 3.8) is 0 Å². The molecule has 1 heterocycles. The highest BCUT2D eigenvalue weighted by Gasteiger charge is 2.25. The van der Waals surface area contributed by atoms with Gasteiger partial charge in [-0.3, -0.25) is 10.1 Å². The van der Waals surface area contributed by atoms with Gasteiger partial charge in [-0.2, -0.15) is 0 Å². The van der Waals surface area contributed by atoms with Crippen LogP contribution in [-0.2, 0) is 18.4 Å². The fraction of sp³-hybridized carbons (Fsp3) is 0.700. The fourth-order valence-corrected chi connectivity index (χ4v) is 1.36. The Balaban J connectivity index is 1.76. The van der Waals surface area contributed by atoms with Crippen LogP contribution in [0.25, 0.3) is 0 Å². The third kappa shape index (κ3) is 2.79. The van der Waals surface area contributed by atoms with E-state index in [0.29, 0.717) is 12.6 Å². The van der Waals surface area contributed by atoms with E-state index in [4.69, 9.17) is 0 Å². The molecule has 0 spiro atoms. The van der Waals surface area contributed by atoms with Gasteiger partial charge in [0.05, 0.1) is 12.6 Å². The Morgan fingerprint density at radius 1 is 1.69 bits per heavy atom. The second-order valence-corrected chi connectivity index (χ2v) is 4.24. The highest BCUT2D eigenvalue weighted by Crippen LogP contribution is 2.18. The molecule has 2 N–H and O–H groups in total. The molecule has 1 amide bonds. The lowest BCUT2D eigenvalue weighted by atomic mass is 10.3. The molecule has 1 unspecified atom stereocenters. The van der Waals surface area contributed by atoms with Crippen LogP contribution in [0.15, 0.2) is 6.33 Å². The molecule has 0 aliphatic heterocycles. The highest BCUT2D eigenvalue weighted by molar-refractivity contribution is 5.81. The molecule has 16 heavy (non-hydrogen) atoms. The number of carbonyl (C=O) groups is 1. The first-order valence-corrected chi connectivity index (χ1v) is 5.53. The van der Waals surface area contributed by atoms with Crippen LogP contribution in [0.1, 0.15) is 25.6 Å². The molecule has 1 aliphatic rings. The van der Waals surface area contributed by atoms with Gasteiger partial charge in [-0.15, -0.1) is 10.2 Å². The zero-order valence-corrected chi connectivity index (χ0v) is 9.60. The third-order valence-corrected chi connectivity index (χ3v) is 2.69. The van der Waals surface area contributed by atoms with Gasteiger partial charge >= 0.3 is 0 Å². The molecule has 6 heteroatoms. The van der Waals surface area contributed by atoms with E-state index in [1.54, 1.807) is 6.33 Å². The molecule has 0 bridgehead atoms. The van der Waals surface area contributed by atoms with E-state index in [-0.39, 0.29) is 11.9 Å². The number of aryl methyl sites for hydroxylation is 1. The summed E-state index contributed by atoms with van der Waals surface area (Å²) in [5, 5.41) is 13.8. The summed E-state index contributed by atoms with van der Waals surface area (Å²) in [4.78, 5) is 11.6. The number of nitrogens with one attached hydrogen (secondary N) is 2. The van der Waals surface area contributed by atoms with E-state index in [9.17, 15) is 4.79 Å². The summed E-state index contributed by atoms with van der Waals surface area (Å²) >= 11 is 0. The average Bonchev–Trinajstić information content (AvgIpc) is 2.97. The van der Waals surface area contributed by atoms with Gasteiger partial charge in [0.2, 0.25) is 5.91 Å². The van der Waals surface area contributed by atoms with Crippen molar-refractivity contribution in [3.8, 4) is 0 Å². The van der Waals surface area contributed by atoms with E-state index in [2.05, 4.69) is 20.8 Å². The summed E-state index contributed by atoms with van der Waals surface area (Å²) in [5.41, 5.74) is 0. The predicted octanol–water partition coefficient (Wildman–Crippen LogP) is -0.428. The number of hydrogen-bond acceptors (Lipinski definition) is 4. The minimum atomic E-state index is -0.197. The van der Waals surface area contributed by atoms with E-state index in [0.717, 1.165) is 18.7 Å². The lowest BCUT2D eigenvalue weighted by molar-refractivity contribution is -0.122. The Hall–Kier alpha value is -1.43. The number of amides is 1. The Morgan fingerprint density at radius 2 is 2.44 bits per heavy atom. The summed E-state index contributed by atoms with van der Waals surface area (Å²) in [6.07, 6.45) is 3.87. The van der Waals surface area contributed by atoms with Crippen LogP contribution in [0.4, 0.5) is 0 Å². The first-order chi connectivity index (χ1) is 7.66. The normalized spacial score (nSPS) is 17.1. The maximum Gasteiger partial charge on any atom is 0.237 e. The van der Waals surface area contributed by atoms with Gasteiger partial charge in [-0.25, -0.2) is 0 Å². The lowest BCUT2D eigenvalue weighted by Crippen LogP contribution is -2.42. The average molecular weight is 223 g/mol. The summed E-state index contributed by atoms with van der Waals surface area (Å²) in [7, 11) is 1.88. The Morgan fingerprint density at radius 3 is 3.00 bits per heavy atom. The standard InChI is InChI=1S/C10H17N5O/c1-7(10(16)13-8-3-4-8)11-5-9-14-12-6-15(9)2/h6-8,11H,3-5H2,1-2H3,(H,13,16). The van der Waals surface area contributed by atoms with Crippen LogP contribution in [0, 0.1) is 0 Å². The van der Waals surface area contributed by atoms with Gasteiger partial charge in [0.1, 0.15) is 12.2 Å². The van der Waals surface area contributed by atoms with Crippen LogP contribution in [-0.4, -0.2) is 32.8 Å². The zero-order chi connectivity index (χ0) is 11.5. The van der Waals surface area contributed by atoms with Crippen molar-refractivity contribution in [1.29, 1.82) is 0 Å². The number of nitrogens with zero attached hydrogens (tertiary/aromatic N) is 3. The van der Waals surface area contributed by atoms with Crippen LogP contribution in [0.5, 0.6) is 0 Å². The van der Waals surface area contributed by atoms with E-state index in [1.807, 2.05) is 18.5 Å². The molecular formula is C10H17N5O. The van der Waals surface area contributed by atoms with E-state index >= 15 is 0 Å². The third-order valence-electron chi connectivity index (χ3n) is 2.69. The van der Waals surface area contributed by atoms with Crippen molar-refractivity contribution in [2.24, 2.45) is 7.05 Å². The van der Waals surface area contributed by atoms with Crippen molar-refractivity contribution >= 4 is 5.91 Å². The van der Waals surface area contributed by atoms with Gasteiger partial charge < -0.3 is 9.88 Å². The maximum atomic E-state index is 11.6. The molecule has 2 rings (SSSR count). The second kappa shape index (κ2) is 4.61. The number of rotatable bonds is 5. The van der Waals surface area contributed by atoms with Crippen LogP contribution in [0.3, 0.4) is 0 Å². The molecule has 0 radical (unpaired) electrons. The van der Waals surface area contributed by atoms with Gasteiger partial charge in [-0.05, 0) is 19.8 Å². The highest BCUT2D eigenvalue weighted by atomic mass is 16.2. The lowest BCUT2D eigenvalue weighted by Gasteiger charge is -2.13. The van der Waals surface area contributed by atoms with Gasteiger partial charge in [-0.1, -0.05) is 0 Å². The Labute approximate surface area is 94.4 Å². The number of hydrogen-bond donors (Lipinski definition) is 2. The molecule has 1 fully saturated rings. The van der Waals surface area contributed by atoms with E-state index in [1.165, 1.54) is 0 Å². The minimum Gasteiger partial charge on any atom is -0.352 e. The van der Waals surface area contributed by atoms with Crippen LogP contribution >= 0.6 is 0 Å². The van der Waals surface area contributed by atoms with Crippen LogP contribution < -0.4 is 10.6 Å². The monoisotopic (exact) mass is 223 g/mol. The molecule has 0 saturated heterocycles. The molecular weight excluding hydrogens is 206 g/mol. The number of aromatic nitrogens is 3. The fourth-order valence-electron chi connectivity index (χ4n) is 1.36. The number of carbonyl (C=O) groups excluding carboxylic acids is 1. The van der Waals surface area contributed by atoms with E-state index < -0.39 is 0 Å². The molecule has 6 nitrogen and oxygen atoms in total. The molecule has 1 saturated carbocycles.